The van der Waals surface area contributed by atoms with E-state index in [-0.39, 0.29) is 11.1 Å². The van der Waals surface area contributed by atoms with Crippen LogP contribution in [0.4, 0.5) is 0 Å². The first-order valence-corrected chi connectivity index (χ1v) is 5.44. The normalized spacial score (nSPS) is 9.47. The maximum Gasteiger partial charge on any atom is 0.174 e. The van der Waals surface area contributed by atoms with E-state index in [1.165, 1.54) is 7.11 Å². The Labute approximate surface area is 96.8 Å². The molecule has 1 rings (SSSR count). The van der Waals surface area contributed by atoms with Crippen molar-refractivity contribution in [2.24, 2.45) is 0 Å². The summed E-state index contributed by atoms with van der Waals surface area (Å²) in [6.07, 6.45) is 0. The van der Waals surface area contributed by atoms with Gasteiger partial charge in [0.15, 0.2) is 5.78 Å². The molecule has 0 atom stereocenters. The molecule has 0 unspecified atom stereocenters. The van der Waals surface area contributed by atoms with E-state index in [1.54, 1.807) is 12.1 Å². The first kappa shape index (κ1) is 11.7. The number of aryl methyl sites for hydroxylation is 1. The third kappa shape index (κ3) is 2.18. The summed E-state index contributed by atoms with van der Waals surface area (Å²) in [6.45, 7) is 1.84. The molecule has 0 fully saturated rings. The second-order valence-electron chi connectivity index (χ2n) is 3.01. The van der Waals surface area contributed by atoms with Crippen molar-refractivity contribution in [2.75, 3.05) is 12.4 Å². The van der Waals surface area contributed by atoms with Crippen molar-refractivity contribution in [3.8, 4) is 11.8 Å². The minimum atomic E-state index is -0.121. The van der Waals surface area contributed by atoms with Crippen LogP contribution in [0.3, 0.4) is 0 Å². The number of halogens is 1. The Kier molecular flexibility index (Phi) is 3.87. The standard InChI is InChI=1S/C11H10BrNO2/c1-7-3-4-8(10(14)5-12)9(6-13)11(7)15-2/h3-4H,5H2,1-2H3. The molecule has 0 aliphatic rings. The van der Waals surface area contributed by atoms with Gasteiger partial charge < -0.3 is 4.74 Å². The Bertz CT molecular complexity index is 435. The summed E-state index contributed by atoms with van der Waals surface area (Å²) in [4.78, 5) is 11.5. The van der Waals surface area contributed by atoms with E-state index in [1.807, 2.05) is 13.0 Å². The SMILES string of the molecule is COc1c(C)ccc(C(=O)CBr)c1C#N. The fourth-order valence-electron chi connectivity index (χ4n) is 1.37. The summed E-state index contributed by atoms with van der Waals surface area (Å²) in [5.74, 6) is 0.356. The van der Waals surface area contributed by atoms with E-state index >= 15 is 0 Å². The summed E-state index contributed by atoms with van der Waals surface area (Å²) >= 11 is 3.08. The van der Waals surface area contributed by atoms with Gasteiger partial charge in [-0.2, -0.15) is 5.26 Å². The summed E-state index contributed by atoms with van der Waals surface area (Å²) in [5.41, 5.74) is 1.55. The van der Waals surface area contributed by atoms with Crippen LogP contribution >= 0.6 is 15.9 Å². The van der Waals surface area contributed by atoms with Gasteiger partial charge in [-0.3, -0.25) is 4.79 Å². The van der Waals surface area contributed by atoms with Gasteiger partial charge in [-0.05, 0) is 18.6 Å². The second kappa shape index (κ2) is 4.94. The van der Waals surface area contributed by atoms with Crippen molar-refractivity contribution >= 4 is 21.7 Å². The molecule has 4 heteroatoms. The third-order valence-corrected chi connectivity index (χ3v) is 2.60. The van der Waals surface area contributed by atoms with Crippen LogP contribution < -0.4 is 4.74 Å². The van der Waals surface area contributed by atoms with Gasteiger partial charge in [0.1, 0.15) is 17.4 Å². The van der Waals surface area contributed by atoms with Crippen molar-refractivity contribution in [1.82, 2.24) is 0 Å². The largest absolute Gasteiger partial charge is 0.495 e. The number of rotatable bonds is 3. The van der Waals surface area contributed by atoms with Crippen LogP contribution in [-0.2, 0) is 0 Å². The molecule has 0 saturated carbocycles. The summed E-state index contributed by atoms with van der Waals surface area (Å²) < 4.78 is 5.11. The number of alkyl halides is 1. The zero-order chi connectivity index (χ0) is 11.4. The van der Waals surface area contributed by atoms with Gasteiger partial charge in [0, 0.05) is 5.56 Å². The molecular formula is C11H10BrNO2. The number of methoxy groups -OCH3 is 1. The summed E-state index contributed by atoms with van der Waals surface area (Å²) in [6, 6.07) is 5.43. The molecule has 3 nitrogen and oxygen atoms in total. The van der Waals surface area contributed by atoms with Gasteiger partial charge in [-0.25, -0.2) is 0 Å². The molecule has 0 bridgehead atoms. The van der Waals surface area contributed by atoms with Gasteiger partial charge in [0.2, 0.25) is 0 Å². The number of carbonyl (C=O) groups excluding carboxylic acids is 1. The molecule has 1 aromatic carbocycles. The van der Waals surface area contributed by atoms with Gasteiger partial charge in [0.05, 0.1) is 12.4 Å². The van der Waals surface area contributed by atoms with Gasteiger partial charge in [-0.15, -0.1) is 0 Å². The number of nitriles is 1. The predicted octanol–water partition coefficient (Wildman–Crippen LogP) is 2.45. The number of carbonyl (C=O) groups is 1. The number of hydrogen-bond acceptors (Lipinski definition) is 3. The molecule has 1 aromatic rings. The Morgan fingerprint density at radius 3 is 2.73 bits per heavy atom. The minimum Gasteiger partial charge on any atom is -0.495 e. The first-order chi connectivity index (χ1) is 7.15. The molecule has 0 aliphatic carbocycles. The second-order valence-corrected chi connectivity index (χ2v) is 3.57. The molecular weight excluding hydrogens is 258 g/mol. The molecule has 0 aromatic heterocycles. The fourth-order valence-corrected chi connectivity index (χ4v) is 1.67. The molecule has 0 N–H and O–H groups in total. The highest BCUT2D eigenvalue weighted by Gasteiger charge is 2.16. The van der Waals surface area contributed by atoms with E-state index in [4.69, 9.17) is 10.00 Å². The number of nitrogens with zero attached hydrogens (tertiary/aromatic N) is 1. The minimum absolute atomic E-state index is 0.121. The molecule has 78 valence electrons. The monoisotopic (exact) mass is 267 g/mol. The van der Waals surface area contributed by atoms with E-state index in [2.05, 4.69) is 15.9 Å². The van der Waals surface area contributed by atoms with Gasteiger partial charge in [0.25, 0.3) is 0 Å². The Balaban J connectivity index is 3.43. The highest BCUT2D eigenvalue weighted by Crippen LogP contribution is 2.26. The average Bonchev–Trinajstić information content (AvgIpc) is 2.27. The number of benzene rings is 1. The molecule has 0 radical (unpaired) electrons. The van der Waals surface area contributed by atoms with Crippen molar-refractivity contribution in [3.63, 3.8) is 0 Å². The quantitative estimate of drug-likeness (QED) is 0.625. The highest BCUT2D eigenvalue weighted by atomic mass is 79.9. The Morgan fingerprint density at radius 1 is 1.60 bits per heavy atom. The maximum atomic E-state index is 11.5. The molecule has 0 aliphatic heterocycles. The van der Waals surface area contributed by atoms with Gasteiger partial charge in [-0.1, -0.05) is 22.0 Å². The summed E-state index contributed by atoms with van der Waals surface area (Å²) in [5, 5.41) is 9.20. The fraction of sp³-hybridized carbons (Fsp3) is 0.273. The number of ether oxygens (including phenoxy) is 1. The highest BCUT2D eigenvalue weighted by molar-refractivity contribution is 9.09. The van der Waals surface area contributed by atoms with E-state index in [0.29, 0.717) is 16.9 Å². The van der Waals surface area contributed by atoms with Crippen molar-refractivity contribution in [3.05, 3.63) is 28.8 Å². The Hall–Kier alpha value is -1.34. The zero-order valence-corrected chi connectivity index (χ0v) is 10.1. The van der Waals surface area contributed by atoms with Crippen LogP contribution in [0.25, 0.3) is 0 Å². The topological polar surface area (TPSA) is 50.1 Å². The molecule has 0 heterocycles. The number of Topliss-reactive ketones (excluding diaryl/α,β-unsaturated/α-hetero) is 1. The molecule has 15 heavy (non-hydrogen) atoms. The number of hydrogen-bond donors (Lipinski definition) is 0. The Morgan fingerprint density at radius 2 is 2.27 bits per heavy atom. The number of ketones is 1. The zero-order valence-electron chi connectivity index (χ0n) is 8.50. The van der Waals surface area contributed by atoms with Crippen LogP contribution in [0.15, 0.2) is 12.1 Å². The van der Waals surface area contributed by atoms with Crippen molar-refractivity contribution in [1.29, 1.82) is 5.26 Å². The lowest BCUT2D eigenvalue weighted by Crippen LogP contribution is -2.05. The van der Waals surface area contributed by atoms with Crippen LogP contribution in [0.5, 0.6) is 5.75 Å². The van der Waals surface area contributed by atoms with Crippen LogP contribution in [0.1, 0.15) is 21.5 Å². The van der Waals surface area contributed by atoms with Crippen LogP contribution in [0, 0.1) is 18.3 Å². The van der Waals surface area contributed by atoms with Crippen molar-refractivity contribution < 1.29 is 9.53 Å². The van der Waals surface area contributed by atoms with E-state index in [0.717, 1.165) is 5.56 Å². The predicted molar refractivity (Wildman–Crippen MR) is 60.6 cm³/mol. The molecule has 0 amide bonds. The van der Waals surface area contributed by atoms with E-state index in [9.17, 15) is 4.79 Å². The average molecular weight is 268 g/mol. The third-order valence-electron chi connectivity index (χ3n) is 2.09. The maximum absolute atomic E-state index is 11.5. The van der Waals surface area contributed by atoms with E-state index < -0.39 is 0 Å². The van der Waals surface area contributed by atoms with Crippen molar-refractivity contribution in [2.45, 2.75) is 6.92 Å². The lowest BCUT2D eigenvalue weighted by Gasteiger charge is -2.09. The first-order valence-electron chi connectivity index (χ1n) is 4.32. The lowest BCUT2D eigenvalue weighted by molar-refractivity contribution is 0.102. The smallest absolute Gasteiger partial charge is 0.174 e. The lowest BCUT2D eigenvalue weighted by atomic mass is 10.0. The van der Waals surface area contributed by atoms with Crippen LogP contribution in [0.2, 0.25) is 0 Å². The van der Waals surface area contributed by atoms with Gasteiger partial charge >= 0.3 is 0 Å². The van der Waals surface area contributed by atoms with Crippen LogP contribution in [-0.4, -0.2) is 18.2 Å². The summed E-state index contributed by atoms with van der Waals surface area (Å²) in [7, 11) is 1.49. The molecule has 0 saturated heterocycles. The molecule has 0 spiro atoms.